The summed E-state index contributed by atoms with van der Waals surface area (Å²) < 4.78 is 5.46. The maximum Gasteiger partial charge on any atom is 0.407 e. The van der Waals surface area contributed by atoms with Crippen LogP contribution in [0, 0.1) is 0 Å². The van der Waals surface area contributed by atoms with E-state index in [9.17, 15) is 14.4 Å². The van der Waals surface area contributed by atoms with Crippen molar-refractivity contribution >= 4 is 18.0 Å². The summed E-state index contributed by atoms with van der Waals surface area (Å²) in [6, 6.07) is 15.8. The minimum absolute atomic E-state index is 0.0519. The first-order valence-corrected chi connectivity index (χ1v) is 11.5. The highest BCUT2D eigenvalue weighted by atomic mass is 16.5. The van der Waals surface area contributed by atoms with Crippen LogP contribution in [0.5, 0.6) is 0 Å². The molecule has 34 heavy (non-hydrogen) atoms. The number of amides is 2. The molecule has 8 nitrogen and oxygen atoms in total. The summed E-state index contributed by atoms with van der Waals surface area (Å²) in [6.45, 7) is 1.52. The lowest BCUT2D eigenvalue weighted by Gasteiger charge is -2.27. The van der Waals surface area contributed by atoms with Crippen LogP contribution in [0.1, 0.15) is 43.2 Å². The van der Waals surface area contributed by atoms with Gasteiger partial charge in [-0.05, 0) is 54.0 Å². The zero-order valence-electron chi connectivity index (χ0n) is 19.1. The third kappa shape index (κ3) is 5.22. The second kappa shape index (κ2) is 10.4. The van der Waals surface area contributed by atoms with Crippen molar-refractivity contribution in [2.45, 2.75) is 38.1 Å². The Morgan fingerprint density at radius 1 is 0.971 bits per heavy atom. The molecule has 4 N–H and O–H groups in total. The summed E-state index contributed by atoms with van der Waals surface area (Å²) in [5.74, 6) is -1.40. The molecule has 1 atom stereocenters. The number of carbonyl (C=O) groups is 3. The fourth-order valence-electron chi connectivity index (χ4n) is 4.54. The van der Waals surface area contributed by atoms with Crippen molar-refractivity contribution in [3.63, 3.8) is 0 Å². The number of carboxylic acid groups (broad SMARTS) is 1. The number of fused-ring (bicyclic) bond motifs is 3. The SMILES string of the molecule is CC(NC(=O)CNC(=O)OCC1c2ccccc2-c2ccccc21)C(NCC(=O)O)=C1CCC1. The third-order valence-corrected chi connectivity index (χ3v) is 6.32. The highest BCUT2D eigenvalue weighted by molar-refractivity contribution is 5.83. The van der Waals surface area contributed by atoms with Crippen molar-refractivity contribution in [1.82, 2.24) is 16.0 Å². The van der Waals surface area contributed by atoms with Crippen molar-refractivity contribution in [3.05, 3.63) is 70.9 Å². The Morgan fingerprint density at radius 2 is 1.59 bits per heavy atom. The lowest BCUT2D eigenvalue weighted by Crippen LogP contribution is -2.45. The number of carboxylic acids is 1. The zero-order chi connectivity index (χ0) is 24.1. The van der Waals surface area contributed by atoms with Gasteiger partial charge in [0.05, 0.1) is 6.04 Å². The Hall–Kier alpha value is -3.81. The zero-order valence-corrected chi connectivity index (χ0v) is 19.1. The summed E-state index contributed by atoms with van der Waals surface area (Å²) in [6.07, 6.45) is 2.17. The molecule has 2 amide bonds. The largest absolute Gasteiger partial charge is 0.480 e. The van der Waals surface area contributed by atoms with Crippen LogP contribution in [0.2, 0.25) is 0 Å². The van der Waals surface area contributed by atoms with Crippen LogP contribution in [0.15, 0.2) is 59.8 Å². The van der Waals surface area contributed by atoms with E-state index in [0.29, 0.717) is 0 Å². The van der Waals surface area contributed by atoms with E-state index in [1.165, 1.54) is 0 Å². The number of rotatable bonds is 9. The maximum atomic E-state index is 12.4. The van der Waals surface area contributed by atoms with Crippen molar-refractivity contribution in [2.75, 3.05) is 19.7 Å². The number of nitrogens with one attached hydrogen (secondary N) is 3. The first-order valence-electron chi connectivity index (χ1n) is 11.5. The molecule has 1 fully saturated rings. The van der Waals surface area contributed by atoms with Gasteiger partial charge in [-0.15, -0.1) is 0 Å². The van der Waals surface area contributed by atoms with Crippen molar-refractivity contribution in [2.24, 2.45) is 0 Å². The van der Waals surface area contributed by atoms with Crippen LogP contribution in [0.4, 0.5) is 4.79 Å². The van der Waals surface area contributed by atoms with E-state index in [0.717, 1.165) is 52.8 Å². The molecule has 0 bridgehead atoms. The molecule has 8 heteroatoms. The van der Waals surface area contributed by atoms with E-state index in [4.69, 9.17) is 9.84 Å². The molecule has 2 aliphatic carbocycles. The van der Waals surface area contributed by atoms with Gasteiger partial charge in [0.15, 0.2) is 0 Å². The summed E-state index contributed by atoms with van der Waals surface area (Å²) >= 11 is 0. The second-order valence-electron chi connectivity index (χ2n) is 8.59. The van der Waals surface area contributed by atoms with Crippen molar-refractivity contribution in [3.8, 4) is 11.1 Å². The van der Waals surface area contributed by atoms with Crippen LogP contribution in [-0.2, 0) is 14.3 Å². The number of aliphatic carboxylic acids is 1. The molecule has 0 radical (unpaired) electrons. The number of hydrogen-bond donors (Lipinski definition) is 4. The molecule has 0 spiro atoms. The van der Waals surface area contributed by atoms with Crippen LogP contribution < -0.4 is 16.0 Å². The molecule has 0 saturated heterocycles. The van der Waals surface area contributed by atoms with E-state index in [-0.39, 0.29) is 37.6 Å². The maximum absolute atomic E-state index is 12.4. The summed E-state index contributed by atoms with van der Waals surface area (Å²) in [5.41, 5.74) is 6.39. The van der Waals surface area contributed by atoms with Gasteiger partial charge in [0.1, 0.15) is 19.7 Å². The van der Waals surface area contributed by atoms with Crippen LogP contribution >= 0.6 is 0 Å². The molecule has 1 unspecified atom stereocenters. The Kier molecular flexibility index (Phi) is 7.15. The first kappa shape index (κ1) is 23.4. The van der Waals surface area contributed by atoms with Gasteiger partial charge in [-0.25, -0.2) is 4.79 Å². The molecule has 0 heterocycles. The minimum atomic E-state index is -0.965. The molecule has 4 rings (SSSR count). The quantitative estimate of drug-likeness (QED) is 0.454. The van der Waals surface area contributed by atoms with E-state index in [1.807, 2.05) is 36.4 Å². The third-order valence-electron chi connectivity index (χ3n) is 6.32. The number of allylic oxidation sites excluding steroid dienone is 1. The van der Waals surface area contributed by atoms with E-state index in [2.05, 4.69) is 28.1 Å². The van der Waals surface area contributed by atoms with E-state index >= 15 is 0 Å². The normalized spacial score (nSPS) is 14.8. The van der Waals surface area contributed by atoms with Gasteiger partial charge in [-0.1, -0.05) is 48.5 Å². The van der Waals surface area contributed by atoms with Gasteiger partial charge in [0.25, 0.3) is 0 Å². The topological polar surface area (TPSA) is 117 Å². The Morgan fingerprint density at radius 3 is 2.15 bits per heavy atom. The molecule has 2 aromatic carbocycles. The van der Waals surface area contributed by atoms with Crippen LogP contribution in [0.3, 0.4) is 0 Å². The molecule has 0 aromatic heterocycles. The predicted octanol–water partition coefficient (Wildman–Crippen LogP) is 3.14. The monoisotopic (exact) mass is 463 g/mol. The fourth-order valence-corrected chi connectivity index (χ4v) is 4.54. The lowest BCUT2D eigenvalue weighted by atomic mass is 9.88. The van der Waals surface area contributed by atoms with Crippen molar-refractivity contribution in [1.29, 1.82) is 0 Å². The molecule has 0 aliphatic heterocycles. The van der Waals surface area contributed by atoms with E-state index in [1.54, 1.807) is 6.92 Å². The number of ether oxygens (including phenoxy) is 1. The van der Waals surface area contributed by atoms with Crippen LogP contribution in [0.25, 0.3) is 11.1 Å². The van der Waals surface area contributed by atoms with Gasteiger partial charge in [0, 0.05) is 11.6 Å². The number of benzene rings is 2. The number of alkyl carbamates (subject to hydrolysis) is 1. The molecule has 2 aromatic rings. The molecule has 1 saturated carbocycles. The number of carbonyl (C=O) groups excluding carboxylic acids is 2. The molecule has 178 valence electrons. The van der Waals surface area contributed by atoms with Gasteiger partial charge >= 0.3 is 12.1 Å². The minimum Gasteiger partial charge on any atom is -0.480 e. The summed E-state index contributed by atoms with van der Waals surface area (Å²) in [7, 11) is 0. The summed E-state index contributed by atoms with van der Waals surface area (Å²) in [4.78, 5) is 35.6. The average Bonchev–Trinajstić information content (AvgIpc) is 3.11. The summed E-state index contributed by atoms with van der Waals surface area (Å²) in [5, 5.41) is 17.2. The van der Waals surface area contributed by atoms with Crippen LogP contribution in [-0.4, -0.2) is 48.8 Å². The second-order valence-corrected chi connectivity index (χ2v) is 8.59. The van der Waals surface area contributed by atoms with Gasteiger partial charge < -0.3 is 25.8 Å². The van der Waals surface area contributed by atoms with Gasteiger partial charge in [-0.3, -0.25) is 9.59 Å². The van der Waals surface area contributed by atoms with Gasteiger partial charge in [0.2, 0.25) is 5.91 Å². The molecule has 2 aliphatic rings. The lowest BCUT2D eigenvalue weighted by molar-refractivity contribution is -0.135. The Balaban J connectivity index is 1.27. The molecular formula is C26H29N3O5. The smallest absolute Gasteiger partial charge is 0.407 e. The standard InChI is InChI=1S/C26H29N3O5/c1-16(25(17-7-6-8-17)27-14-24(31)32)29-23(30)13-28-26(33)34-15-22-20-11-4-2-9-18(20)19-10-3-5-12-21(19)22/h2-5,9-12,16,22,27H,6-8,13-15H2,1H3,(H,28,33)(H,29,30)(H,31,32). The molecular weight excluding hydrogens is 434 g/mol. The Bertz CT molecular complexity index is 1080. The highest BCUT2D eigenvalue weighted by Crippen LogP contribution is 2.44. The average molecular weight is 464 g/mol. The van der Waals surface area contributed by atoms with Crippen molar-refractivity contribution < 1.29 is 24.2 Å². The van der Waals surface area contributed by atoms with Gasteiger partial charge in [-0.2, -0.15) is 0 Å². The predicted molar refractivity (Wildman–Crippen MR) is 127 cm³/mol. The first-order chi connectivity index (χ1) is 16.4. The highest BCUT2D eigenvalue weighted by Gasteiger charge is 2.29. The Labute approximate surface area is 198 Å². The fraction of sp³-hybridized carbons (Fsp3) is 0.346. The van der Waals surface area contributed by atoms with E-state index < -0.39 is 12.1 Å². The number of hydrogen-bond acceptors (Lipinski definition) is 5.